The van der Waals surface area contributed by atoms with E-state index in [1.54, 1.807) is 17.0 Å². The number of nitrogens with two attached hydrogens (primary N) is 1. The van der Waals surface area contributed by atoms with Crippen LogP contribution in [0, 0.1) is 0 Å². The Hall–Kier alpha value is -2.86. The molecule has 2 aromatic rings. The minimum atomic E-state index is -0.814. The van der Waals surface area contributed by atoms with Gasteiger partial charge in [-0.2, -0.15) is 0 Å². The number of hydrazine groups is 1. The molecule has 6 nitrogen and oxygen atoms in total. The zero-order chi connectivity index (χ0) is 16.9. The molecule has 0 unspecified atom stereocenters. The molecule has 1 aliphatic rings. The molecule has 24 heavy (non-hydrogen) atoms. The summed E-state index contributed by atoms with van der Waals surface area (Å²) < 4.78 is 5.64. The molecule has 0 radical (unpaired) electrons. The van der Waals surface area contributed by atoms with E-state index >= 15 is 0 Å². The number of benzene rings is 2. The Balaban J connectivity index is 1.77. The molecule has 1 heterocycles. The smallest absolute Gasteiger partial charge is 0.276 e. The van der Waals surface area contributed by atoms with Gasteiger partial charge in [0.25, 0.3) is 5.91 Å². The van der Waals surface area contributed by atoms with Crippen molar-refractivity contribution in [3.05, 3.63) is 60.2 Å². The number of ether oxygens (including phenoxy) is 1. The molecule has 0 fully saturated rings. The van der Waals surface area contributed by atoms with Crippen LogP contribution >= 0.6 is 0 Å². The Labute approximate surface area is 140 Å². The van der Waals surface area contributed by atoms with E-state index < -0.39 is 12.0 Å². The highest BCUT2D eigenvalue weighted by Gasteiger charge is 2.33. The van der Waals surface area contributed by atoms with Gasteiger partial charge in [-0.1, -0.05) is 42.5 Å². The van der Waals surface area contributed by atoms with Crippen molar-refractivity contribution in [2.24, 2.45) is 5.84 Å². The standard InChI is InChI=1S/C18H19N3O3/c19-20-18(23)16-12-21(14-8-4-5-9-15(14)24-16)17(22)11-10-13-6-2-1-3-7-13/h1-9,16H,10-12,19H2,(H,20,23)/t16-/m1/s1. The molecule has 0 aromatic heterocycles. The first kappa shape index (κ1) is 16.0. The fourth-order valence-corrected chi connectivity index (χ4v) is 2.73. The second-order valence-electron chi connectivity index (χ2n) is 5.57. The van der Waals surface area contributed by atoms with Crippen LogP contribution in [0.2, 0.25) is 0 Å². The molecule has 124 valence electrons. The first-order valence-electron chi connectivity index (χ1n) is 7.79. The maximum absolute atomic E-state index is 12.7. The van der Waals surface area contributed by atoms with Gasteiger partial charge in [-0.15, -0.1) is 0 Å². The molecule has 0 spiro atoms. The van der Waals surface area contributed by atoms with Crippen LogP contribution in [0.25, 0.3) is 0 Å². The van der Waals surface area contributed by atoms with Crippen LogP contribution in [0.4, 0.5) is 5.69 Å². The normalized spacial score (nSPS) is 16.0. The number of carbonyl (C=O) groups excluding carboxylic acids is 2. The molecule has 0 aliphatic carbocycles. The van der Waals surface area contributed by atoms with Crippen molar-refractivity contribution in [1.29, 1.82) is 0 Å². The Bertz CT molecular complexity index is 733. The van der Waals surface area contributed by atoms with E-state index in [2.05, 4.69) is 5.43 Å². The van der Waals surface area contributed by atoms with Crippen molar-refractivity contribution in [1.82, 2.24) is 5.43 Å². The molecule has 3 rings (SSSR count). The summed E-state index contributed by atoms with van der Waals surface area (Å²) in [6, 6.07) is 17.0. The van der Waals surface area contributed by atoms with Gasteiger partial charge >= 0.3 is 0 Å². The van der Waals surface area contributed by atoms with Crippen LogP contribution < -0.4 is 20.9 Å². The number of anilines is 1. The Morgan fingerprint density at radius 3 is 2.58 bits per heavy atom. The highest BCUT2D eigenvalue weighted by Crippen LogP contribution is 2.33. The molecule has 0 saturated carbocycles. The van der Waals surface area contributed by atoms with E-state index in [0.717, 1.165) is 5.56 Å². The molecule has 2 amide bonds. The largest absolute Gasteiger partial charge is 0.476 e. The van der Waals surface area contributed by atoms with Crippen LogP contribution in [0.15, 0.2) is 54.6 Å². The van der Waals surface area contributed by atoms with Crippen LogP contribution in [0.3, 0.4) is 0 Å². The highest BCUT2D eigenvalue weighted by atomic mass is 16.5. The summed E-state index contributed by atoms with van der Waals surface area (Å²) in [5, 5.41) is 0. The summed E-state index contributed by atoms with van der Waals surface area (Å²) in [5.74, 6) is 5.20. The molecule has 6 heteroatoms. The summed E-state index contributed by atoms with van der Waals surface area (Å²) >= 11 is 0. The fourth-order valence-electron chi connectivity index (χ4n) is 2.73. The van der Waals surface area contributed by atoms with Crippen LogP contribution in [0.5, 0.6) is 5.75 Å². The van der Waals surface area contributed by atoms with Crippen molar-refractivity contribution < 1.29 is 14.3 Å². The highest BCUT2D eigenvalue weighted by molar-refractivity contribution is 5.97. The number of amides is 2. The number of nitrogens with zero attached hydrogens (tertiary/aromatic N) is 1. The topological polar surface area (TPSA) is 84.7 Å². The van der Waals surface area contributed by atoms with Crippen molar-refractivity contribution in [2.75, 3.05) is 11.4 Å². The molecule has 2 aromatic carbocycles. The number of hydrogen-bond acceptors (Lipinski definition) is 4. The van der Waals surface area contributed by atoms with Gasteiger partial charge in [0.05, 0.1) is 12.2 Å². The first-order chi connectivity index (χ1) is 11.7. The van der Waals surface area contributed by atoms with E-state index in [0.29, 0.717) is 24.3 Å². The molecule has 1 aliphatic heterocycles. The van der Waals surface area contributed by atoms with Gasteiger partial charge in [0.2, 0.25) is 5.91 Å². The van der Waals surface area contributed by atoms with Gasteiger partial charge in [-0.05, 0) is 24.1 Å². The Morgan fingerprint density at radius 1 is 1.12 bits per heavy atom. The lowest BCUT2D eigenvalue weighted by molar-refractivity contribution is -0.128. The summed E-state index contributed by atoms with van der Waals surface area (Å²) in [7, 11) is 0. The third-order valence-electron chi connectivity index (χ3n) is 3.98. The molecule has 0 bridgehead atoms. The van der Waals surface area contributed by atoms with Gasteiger partial charge < -0.3 is 9.64 Å². The summed E-state index contributed by atoms with van der Waals surface area (Å²) in [5.41, 5.74) is 3.86. The Morgan fingerprint density at radius 2 is 1.83 bits per heavy atom. The minimum absolute atomic E-state index is 0.0515. The maximum Gasteiger partial charge on any atom is 0.276 e. The van der Waals surface area contributed by atoms with Gasteiger partial charge in [0.15, 0.2) is 6.10 Å². The number of carbonyl (C=O) groups is 2. The predicted octanol–water partition coefficient (Wildman–Crippen LogP) is 1.40. The average molecular weight is 325 g/mol. The van der Waals surface area contributed by atoms with E-state index in [4.69, 9.17) is 10.6 Å². The number of para-hydroxylation sites is 2. The lowest BCUT2D eigenvalue weighted by Gasteiger charge is -2.34. The summed E-state index contributed by atoms with van der Waals surface area (Å²) in [6.45, 7) is 0.146. The number of hydrogen-bond donors (Lipinski definition) is 2. The first-order valence-corrected chi connectivity index (χ1v) is 7.79. The lowest BCUT2D eigenvalue weighted by Crippen LogP contribution is -2.52. The number of fused-ring (bicyclic) bond motifs is 1. The quantitative estimate of drug-likeness (QED) is 0.506. The molecular weight excluding hydrogens is 306 g/mol. The fraction of sp³-hybridized carbons (Fsp3) is 0.222. The number of nitrogens with one attached hydrogen (secondary N) is 1. The van der Waals surface area contributed by atoms with Crippen molar-refractivity contribution in [3.63, 3.8) is 0 Å². The maximum atomic E-state index is 12.7. The molecule has 3 N–H and O–H groups in total. The van der Waals surface area contributed by atoms with Crippen LogP contribution in [0.1, 0.15) is 12.0 Å². The molecular formula is C18H19N3O3. The van der Waals surface area contributed by atoms with Crippen molar-refractivity contribution in [2.45, 2.75) is 18.9 Å². The second kappa shape index (κ2) is 7.14. The molecule has 0 saturated heterocycles. The zero-order valence-corrected chi connectivity index (χ0v) is 13.1. The van der Waals surface area contributed by atoms with E-state index in [9.17, 15) is 9.59 Å². The van der Waals surface area contributed by atoms with Gasteiger partial charge in [-0.25, -0.2) is 5.84 Å². The van der Waals surface area contributed by atoms with Crippen molar-refractivity contribution in [3.8, 4) is 5.75 Å². The van der Waals surface area contributed by atoms with Gasteiger partial charge in [0.1, 0.15) is 5.75 Å². The van der Waals surface area contributed by atoms with Crippen LogP contribution in [-0.4, -0.2) is 24.5 Å². The SMILES string of the molecule is NNC(=O)[C@H]1CN(C(=O)CCc2ccccc2)c2ccccc2O1. The van der Waals surface area contributed by atoms with Crippen LogP contribution in [-0.2, 0) is 16.0 Å². The Kier molecular flexibility index (Phi) is 4.77. The van der Waals surface area contributed by atoms with Crippen molar-refractivity contribution >= 4 is 17.5 Å². The third-order valence-corrected chi connectivity index (χ3v) is 3.98. The number of aryl methyl sites for hydroxylation is 1. The predicted molar refractivity (Wildman–Crippen MR) is 90.3 cm³/mol. The number of rotatable bonds is 4. The van der Waals surface area contributed by atoms with Gasteiger partial charge in [-0.3, -0.25) is 15.0 Å². The summed E-state index contributed by atoms with van der Waals surface area (Å²) in [6.07, 6.45) is 0.188. The average Bonchev–Trinajstić information content (AvgIpc) is 2.65. The third kappa shape index (κ3) is 3.38. The van der Waals surface area contributed by atoms with E-state index in [1.807, 2.05) is 42.5 Å². The van der Waals surface area contributed by atoms with E-state index in [-0.39, 0.29) is 12.5 Å². The van der Waals surface area contributed by atoms with Gasteiger partial charge in [0, 0.05) is 6.42 Å². The molecule has 1 atom stereocenters. The van der Waals surface area contributed by atoms with E-state index in [1.165, 1.54) is 0 Å². The lowest BCUT2D eigenvalue weighted by atomic mass is 10.1. The second-order valence-corrected chi connectivity index (χ2v) is 5.57. The zero-order valence-electron chi connectivity index (χ0n) is 13.1. The summed E-state index contributed by atoms with van der Waals surface area (Å²) in [4.78, 5) is 26.1. The monoisotopic (exact) mass is 325 g/mol. The minimum Gasteiger partial charge on any atom is -0.476 e.